The van der Waals surface area contributed by atoms with Crippen LogP contribution in [0.1, 0.15) is 77.9 Å². The Bertz CT molecular complexity index is 5470. The van der Waals surface area contributed by atoms with Gasteiger partial charge in [0.15, 0.2) is 0 Å². The summed E-state index contributed by atoms with van der Waals surface area (Å²) in [5.41, 5.74) is 24.3. The monoisotopic (exact) mass is 1310 g/mol. The number of hydrogen-bond acceptors (Lipinski definition) is 14. The van der Waals surface area contributed by atoms with Gasteiger partial charge in [0.1, 0.15) is 57.5 Å². The van der Waals surface area contributed by atoms with Crippen LogP contribution in [0, 0.1) is 73.0 Å². The van der Waals surface area contributed by atoms with Crippen LogP contribution in [0.5, 0.6) is 0 Å². The van der Waals surface area contributed by atoms with Crippen LogP contribution >= 0.6 is 68.8 Å². The van der Waals surface area contributed by atoms with Crippen molar-refractivity contribution in [3.05, 3.63) is 283 Å². The number of allylic oxidation sites excluding steroid dienone is 2. The predicted molar refractivity (Wildman–Crippen MR) is 389 cm³/mol. The molecular formula is C80H46N8S6. The molecule has 8 nitrogen and oxygen atoms in total. The third-order valence-electron chi connectivity index (χ3n) is 18.8. The molecule has 2 aliphatic carbocycles. The van der Waals surface area contributed by atoms with Crippen LogP contribution in [-0.2, 0) is 10.8 Å². The van der Waals surface area contributed by atoms with Gasteiger partial charge in [-0.2, -0.15) is 38.5 Å². The summed E-state index contributed by atoms with van der Waals surface area (Å²) in [5.74, 6) is 0. The third-order valence-corrected chi connectivity index (χ3v) is 24.7. The van der Waals surface area contributed by atoms with Crippen molar-refractivity contribution in [2.75, 3.05) is 0 Å². The highest BCUT2D eigenvalue weighted by Crippen LogP contribution is 2.64. The zero-order chi connectivity index (χ0) is 63.7. The average molecular weight is 1310 g/mol. The molecule has 6 heterocycles. The topological polar surface area (TPSA) is 147 Å². The molecule has 0 amide bonds. The summed E-state index contributed by atoms with van der Waals surface area (Å²) in [6, 6.07) is 81.5. The van der Waals surface area contributed by atoms with Gasteiger partial charge in [0.25, 0.3) is 0 Å². The molecule has 94 heavy (non-hydrogen) atoms. The van der Waals surface area contributed by atoms with Gasteiger partial charge in [-0.3, -0.25) is 0 Å². The molecular weight excluding hydrogens is 1270 g/mol. The molecule has 9 aromatic carbocycles. The summed E-state index contributed by atoms with van der Waals surface area (Å²) < 4.78 is 21.1. The van der Waals surface area contributed by atoms with Gasteiger partial charge in [0.05, 0.1) is 34.3 Å². The van der Waals surface area contributed by atoms with Crippen molar-refractivity contribution in [1.82, 2.24) is 17.5 Å². The Morgan fingerprint density at radius 3 is 0.989 bits per heavy atom. The van der Waals surface area contributed by atoms with Gasteiger partial charge in [-0.1, -0.05) is 144 Å². The lowest BCUT2D eigenvalue weighted by atomic mass is 9.65. The molecule has 15 aromatic rings. The molecule has 0 spiro atoms. The fourth-order valence-electron chi connectivity index (χ4n) is 14.4. The number of aromatic nitrogens is 4. The van der Waals surface area contributed by atoms with Gasteiger partial charge < -0.3 is 0 Å². The summed E-state index contributed by atoms with van der Waals surface area (Å²) in [7, 11) is 0. The van der Waals surface area contributed by atoms with Crippen LogP contribution < -0.4 is 0 Å². The zero-order valence-electron chi connectivity index (χ0n) is 50.7. The number of benzene rings is 9. The predicted octanol–water partition coefficient (Wildman–Crippen LogP) is 21.7. The molecule has 0 N–H and O–H groups in total. The van der Waals surface area contributed by atoms with E-state index in [1.165, 1.54) is 119 Å². The highest BCUT2D eigenvalue weighted by molar-refractivity contribution is 7.27. The van der Waals surface area contributed by atoms with E-state index >= 15 is 0 Å². The van der Waals surface area contributed by atoms with Crippen molar-refractivity contribution < 1.29 is 0 Å². The molecule has 6 aromatic heterocycles. The van der Waals surface area contributed by atoms with Crippen LogP contribution in [0.4, 0.5) is 0 Å². The Balaban J connectivity index is 0.871. The SMILES string of the molecule is Cc1ccc(C2(c3ccc(C)cc3)c3cc4c(cc3-c3cc5cc(-c6ccc(-c7ccc(C=C(C#N)C#N)c8nsnc78)s6)sc5cc32)C(c2ccc(C)cc2)(c2ccc(C)cc2)c2cc3sc(-c5ccc(-c6ccc(C=C(C#N)C#N)c7nsnc67)s5)cc3cc2-4)cc1. The van der Waals surface area contributed by atoms with Crippen LogP contribution in [0.25, 0.3) is 117 Å². The number of thiophene rings is 4. The van der Waals surface area contributed by atoms with Gasteiger partial charge in [-0.15, -0.1) is 45.3 Å². The molecule has 0 bridgehead atoms. The van der Waals surface area contributed by atoms with E-state index in [9.17, 15) is 21.0 Å². The average Bonchev–Trinajstić information content (AvgIpc) is 1.50. The van der Waals surface area contributed by atoms with Crippen LogP contribution in [0.2, 0.25) is 0 Å². The largest absolute Gasteiger partial charge is 0.192 e. The molecule has 0 saturated carbocycles. The second-order valence-electron chi connectivity index (χ2n) is 24.2. The first-order chi connectivity index (χ1) is 45.9. The highest BCUT2D eigenvalue weighted by atomic mass is 32.1. The summed E-state index contributed by atoms with van der Waals surface area (Å²) >= 11 is 9.38. The minimum atomic E-state index is -0.714. The summed E-state index contributed by atoms with van der Waals surface area (Å²) in [6.45, 7) is 8.69. The third kappa shape index (κ3) is 8.73. The van der Waals surface area contributed by atoms with Crippen LogP contribution in [-0.4, -0.2) is 17.5 Å². The number of nitrogens with zero attached hydrogens (tertiary/aromatic N) is 8. The molecule has 2 aliphatic rings. The molecule has 14 heteroatoms. The van der Waals surface area contributed by atoms with E-state index in [2.05, 4.69) is 206 Å². The van der Waals surface area contributed by atoms with Crippen LogP contribution in [0.15, 0.2) is 205 Å². The number of hydrogen-bond donors (Lipinski definition) is 0. The quantitative estimate of drug-likeness (QED) is 0.123. The highest BCUT2D eigenvalue weighted by Gasteiger charge is 2.52. The Labute approximate surface area is 565 Å². The summed E-state index contributed by atoms with van der Waals surface area (Å²) in [6.07, 6.45) is 3.16. The smallest absolute Gasteiger partial charge is 0.130 e. The summed E-state index contributed by atoms with van der Waals surface area (Å²) in [5, 5.41) is 40.6. The molecule has 442 valence electrons. The van der Waals surface area contributed by atoms with Gasteiger partial charge >= 0.3 is 0 Å². The lowest BCUT2D eigenvalue weighted by Crippen LogP contribution is -2.30. The molecule has 17 rings (SSSR count). The first kappa shape index (κ1) is 57.3. The van der Waals surface area contributed by atoms with E-state index in [4.69, 9.17) is 8.75 Å². The van der Waals surface area contributed by atoms with E-state index in [0.717, 1.165) is 65.1 Å². The Morgan fingerprint density at radius 1 is 0.319 bits per heavy atom. The van der Waals surface area contributed by atoms with Gasteiger partial charge in [0.2, 0.25) is 0 Å². The minimum Gasteiger partial charge on any atom is -0.192 e. The van der Waals surface area contributed by atoms with Crippen molar-refractivity contribution >= 4 is 123 Å². The first-order valence-electron chi connectivity index (χ1n) is 30.4. The Hall–Kier alpha value is -10.6. The van der Waals surface area contributed by atoms with E-state index in [1.807, 2.05) is 71.2 Å². The van der Waals surface area contributed by atoms with Gasteiger partial charge in [0, 0.05) is 60.9 Å². The van der Waals surface area contributed by atoms with Crippen molar-refractivity contribution in [1.29, 1.82) is 21.0 Å². The molecule has 0 aliphatic heterocycles. The Kier molecular flexibility index (Phi) is 13.4. The van der Waals surface area contributed by atoms with Crippen molar-refractivity contribution in [2.24, 2.45) is 0 Å². The van der Waals surface area contributed by atoms with E-state index in [-0.39, 0.29) is 11.1 Å². The molecule has 0 saturated heterocycles. The maximum absolute atomic E-state index is 9.55. The van der Waals surface area contributed by atoms with Crippen molar-refractivity contribution in [3.8, 4) is 86.9 Å². The number of aryl methyl sites for hydroxylation is 4. The molecule has 0 fully saturated rings. The zero-order valence-corrected chi connectivity index (χ0v) is 55.6. The van der Waals surface area contributed by atoms with Gasteiger partial charge in [-0.05, 0) is 190 Å². The maximum Gasteiger partial charge on any atom is 0.130 e. The van der Waals surface area contributed by atoms with Crippen molar-refractivity contribution in [3.63, 3.8) is 0 Å². The fraction of sp³-hybridized carbons (Fsp3) is 0.0750. The van der Waals surface area contributed by atoms with Crippen LogP contribution in [0.3, 0.4) is 0 Å². The molecule has 0 radical (unpaired) electrons. The van der Waals surface area contributed by atoms with Gasteiger partial charge in [-0.25, -0.2) is 0 Å². The van der Waals surface area contributed by atoms with Crippen molar-refractivity contribution in [2.45, 2.75) is 38.5 Å². The molecule has 0 atom stereocenters. The second kappa shape index (κ2) is 22.0. The lowest BCUT2D eigenvalue weighted by Gasteiger charge is -2.36. The maximum atomic E-state index is 9.55. The Morgan fingerprint density at radius 2 is 0.638 bits per heavy atom. The van der Waals surface area contributed by atoms with E-state index in [0.29, 0.717) is 22.2 Å². The number of fused-ring (bicyclic) bond motifs is 10. The second-order valence-corrected chi connectivity index (χ2v) is 29.6. The first-order valence-corrected chi connectivity index (χ1v) is 35.1. The molecule has 0 unspecified atom stereocenters. The fourth-order valence-corrected chi connectivity index (χ4v) is 19.9. The number of nitriles is 4. The lowest BCUT2D eigenvalue weighted by molar-refractivity contribution is 0.759. The number of rotatable bonds is 10. The summed E-state index contributed by atoms with van der Waals surface area (Å²) in [4.78, 5) is 6.79. The standard InChI is InChI=1S/C80H46N8S6/c1-43-5-15-53(16-6-43)79(54-17-7-44(2)8-18-54)63-35-62-60-32-52-34-74(70-28-26-68(90-70)58-24-14-50(30-48(41-83)42-84)76-78(58)88-94-86-76)92-72(52)38-66(60)80(55-19-9-45(3)10-20-55,56-21-11-46(4)12-22-56)64(62)36-61(63)59-31-51-33-73(91-71(51)37-65(59)79)69-27-25-67(89-69)57-23-13-49(29-47(39-81)40-82)75-77(57)87-93-85-75/h5-38H,1-4H3. The normalized spacial score (nSPS) is 13.0. The van der Waals surface area contributed by atoms with E-state index in [1.54, 1.807) is 34.8 Å². The minimum absolute atomic E-state index is 0.0198. The van der Waals surface area contributed by atoms with E-state index < -0.39 is 10.8 Å².